The van der Waals surface area contributed by atoms with E-state index in [-0.39, 0.29) is 11.6 Å². The number of alkyl halides is 3. The lowest BCUT2D eigenvalue weighted by Gasteiger charge is -2.24. The van der Waals surface area contributed by atoms with Gasteiger partial charge in [-0.15, -0.1) is 0 Å². The molecular formula is C21H21F3N2O. The molecule has 0 saturated heterocycles. The van der Waals surface area contributed by atoms with Gasteiger partial charge in [-0.25, -0.2) is 0 Å². The maximum atomic E-state index is 13.1. The molecule has 0 N–H and O–H groups in total. The molecule has 0 bridgehead atoms. The van der Waals surface area contributed by atoms with Crippen LogP contribution in [0.2, 0.25) is 0 Å². The number of anilines is 1. The van der Waals surface area contributed by atoms with Crippen LogP contribution in [0.5, 0.6) is 0 Å². The zero-order valence-electron chi connectivity index (χ0n) is 15.4. The molecule has 6 heteroatoms. The van der Waals surface area contributed by atoms with E-state index in [2.05, 4.69) is 6.58 Å². The van der Waals surface area contributed by atoms with Crippen LogP contribution >= 0.6 is 0 Å². The first-order chi connectivity index (χ1) is 12.6. The van der Waals surface area contributed by atoms with Crippen molar-refractivity contribution < 1.29 is 18.0 Å². The Bertz CT molecular complexity index is 855. The fraction of sp³-hybridized carbons (Fsp3) is 0.190. The van der Waals surface area contributed by atoms with Gasteiger partial charge in [-0.2, -0.15) is 13.2 Å². The summed E-state index contributed by atoms with van der Waals surface area (Å²) in [4.78, 5) is 15.3. The molecule has 0 unspecified atom stereocenters. The van der Waals surface area contributed by atoms with E-state index in [1.54, 1.807) is 74.6 Å². The Hall–Kier alpha value is -3.02. The van der Waals surface area contributed by atoms with Gasteiger partial charge in [-0.05, 0) is 35.9 Å². The van der Waals surface area contributed by atoms with Gasteiger partial charge >= 0.3 is 6.18 Å². The van der Waals surface area contributed by atoms with Gasteiger partial charge in [-0.3, -0.25) is 4.79 Å². The number of hydrogen-bond acceptors (Lipinski definition) is 2. The predicted octanol–water partition coefficient (Wildman–Crippen LogP) is 4.98. The summed E-state index contributed by atoms with van der Waals surface area (Å²) in [5.74, 6) is -0.229. The lowest BCUT2D eigenvalue weighted by Crippen LogP contribution is -2.22. The Balaban J connectivity index is 2.57. The van der Waals surface area contributed by atoms with Crippen molar-refractivity contribution in [2.75, 3.05) is 26.0 Å². The molecule has 0 aliphatic rings. The van der Waals surface area contributed by atoms with Crippen molar-refractivity contribution in [3.63, 3.8) is 0 Å². The smallest absolute Gasteiger partial charge is 0.345 e. The van der Waals surface area contributed by atoms with E-state index in [4.69, 9.17) is 0 Å². The molecule has 0 spiro atoms. The number of para-hydroxylation sites is 1. The molecule has 0 radical (unpaired) electrons. The van der Waals surface area contributed by atoms with Gasteiger partial charge in [0.2, 0.25) is 0 Å². The highest BCUT2D eigenvalue weighted by Crippen LogP contribution is 2.31. The second-order valence-corrected chi connectivity index (χ2v) is 6.23. The van der Waals surface area contributed by atoms with Gasteiger partial charge < -0.3 is 9.80 Å². The zero-order chi connectivity index (χ0) is 20.2. The molecule has 0 heterocycles. The van der Waals surface area contributed by atoms with Crippen molar-refractivity contribution in [3.8, 4) is 0 Å². The highest BCUT2D eigenvalue weighted by Gasteiger charge is 2.31. The van der Waals surface area contributed by atoms with Crippen molar-refractivity contribution in [3.05, 3.63) is 84.0 Å². The molecule has 2 aromatic rings. The number of halogens is 3. The van der Waals surface area contributed by atoms with Crippen molar-refractivity contribution in [2.45, 2.75) is 6.18 Å². The molecule has 2 aromatic carbocycles. The maximum Gasteiger partial charge on any atom is 0.415 e. The number of allylic oxidation sites excluding steroid dienone is 2. The van der Waals surface area contributed by atoms with E-state index in [1.807, 2.05) is 6.07 Å². The Morgan fingerprint density at radius 3 is 2.11 bits per heavy atom. The SMILES string of the molecule is C=C(/C=C(/c1cccc(C(=O)N(C)C)c1)N(C)c1ccccc1)C(F)(F)F. The number of rotatable bonds is 5. The number of nitrogens with zero attached hydrogens (tertiary/aromatic N) is 2. The summed E-state index contributed by atoms with van der Waals surface area (Å²) >= 11 is 0. The molecule has 0 fully saturated rings. The predicted molar refractivity (Wildman–Crippen MR) is 102 cm³/mol. The average molecular weight is 374 g/mol. The second kappa shape index (κ2) is 8.12. The van der Waals surface area contributed by atoms with Crippen LogP contribution in [0.3, 0.4) is 0 Å². The quantitative estimate of drug-likeness (QED) is 0.689. The summed E-state index contributed by atoms with van der Waals surface area (Å²) in [5, 5.41) is 0. The van der Waals surface area contributed by atoms with Gasteiger partial charge in [-0.1, -0.05) is 36.9 Å². The molecule has 0 saturated carbocycles. The van der Waals surface area contributed by atoms with E-state index in [0.717, 1.165) is 6.08 Å². The van der Waals surface area contributed by atoms with E-state index in [0.29, 0.717) is 16.8 Å². The standard InChI is InChI=1S/C21H21F3N2O/c1-15(21(22,23)24)13-19(26(4)18-11-6-5-7-12-18)16-9-8-10-17(14-16)20(27)25(2)3/h5-14H,1H2,2-4H3/b19-13-. The monoisotopic (exact) mass is 374 g/mol. The average Bonchev–Trinajstić information content (AvgIpc) is 2.64. The fourth-order valence-electron chi connectivity index (χ4n) is 2.48. The van der Waals surface area contributed by atoms with Crippen molar-refractivity contribution in [1.29, 1.82) is 0 Å². The summed E-state index contributed by atoms with van der Waals surface area (Å²) in [7, 11) is 4.91. The normalized spacial score (nSPS) is 11.9. The Morgan fingerprint density at radius 2 is 1.56 bits per heavy atom. The fourth-order valence-corrected chi connectivity index (χ4v) is 2.48. The molecule has 142 valence electrons. The minimum absolute atomic E-state index is 0.229. The third kappa shape index (κ3) is 5.00. The zero-order valence-corrected chi connectivity index (χ0v) is 15.4. The third-order valence-corrected chi connectivity index (χ3v) is 3.99. The lowest BCUT2D eigenvalue weighted by atomic mass is 10.0. The molecule has 2 rings (SSSR count). The van der Waals surface area contributed by atoms with Gasteiger partial charge in [0.05, 0.1) is 5.57 Å². The van der Waals surface area contributed by atoms with Crippen LogP contribution in [-0.4, -0.2) is 38.1 Å². The minimum Gasteiger partial charge on any atom is -0.345 e. The Morgan fingerprint density at radius 1 is 0.963 bits per heavy atom. The largest absolute Gasteiger partial charge is 0.415 e. The number of hydrogen-bond donors (Lipinski definition) is 0. The second-order valence-electron chi connectivity index (χ2n) is 6.23. The molecule has 27 heavy (non-hydrogen) atoms. The summed E-state index contributed by atoms with van der Waals surface area (Å²) in [6.45, 7) is 3.15. The number of amides is 1. The molecule has 0 aliphatic heterocycles. The van der Waals surface area contributed by atoms with Crippen LogP contribution in [0.25, 0.3) is 5.70 Å². The van der Waals surface area contributed by atoms with E-state index in [1.165, 1.54) is 4.90 Å². The Kier molecular flexibility index (Phi) is 6.10. The number of carbonyl (C=O) groups excluding carboxylic acids is 1. The summed E-state index contributed by atoms with van der Waals surface area (Å²) in [6.07, 6.45) is -3.55. The number of benzene rings is 2. The van der Waals surface area contributed by atoms with E-state index >= 15 is 0 Å². The summed E-state index contributed by atoms with van der Waals surface area (Å²) < 4.78 is 39.2. The lowest BCUT2D eigenvalue weighted by molar-refractivity contribution is -0.0877. The first-order valence-corrected chi connectivity index (χ1v) is 8.20. The van der Waals surface area contributed by atoms with Gasteiger partial charge in [0.15, 0.2) is 0 Å². The summed E-state index contributed by atoms with van der Waals surface area (Å²) in [5.41, 5.74) is 0.909. The molecular weight excluding hydrogens is 353 g/mol. The first-order valence-electron chi connectivity index (χ1n) is 8.20. The maximum absolute atomic E-state index is 13.1. The summed E-state index contributed by atoms with van der Waals surface area (Å²) in [6, 6.07) is 15.5. The van der Waals surface area contributed by atoms with E-state index < -0.39 is 11.7 Å². The highest BCUT2D eigenvalue weighted by molar-refractivity contribution is 5.95. The van der Waals surface area contributed by atoms with Crippen molar-refractivity contribution in [2.24, 2.45) is 0 Å². The van der Waals surface area contributed by atoms with Crippen LogP contribution in [0.1, 0.15) is 15.9 Å². The first kappa shape index (κ1) is 20.3. The molecule has 1 amide bonds. The van der Waals surface area contributed by atoms with Crippen LogP contribution in [0.4, 0.5) is 18.9 Å². The van der Waals surface area contributed by atoms with Crippen LogP contribution < -0.4 is 4.90 Å². The van der Waals surface area contributed by atoms with Gasteiger partial charge in [0, 0.05) is 38.1 Å². The van der Waals surface area contributed by atoms with Crippen LogP contribution in [-0.2, 0) is 0 Å². The molecule has 3 nitrogen and oxygen atoms in total. The van der Waals surface area contributed by atoms with Crippen LogP contribution in [0, 0.1) is 0 Å². The number of carbonyl (C=O) groups is 1. The van der Waals surface area contributed by atoms with Gasteiger partial charge in [0.1, 0.15) is 0 Å². The molecule has 0 atom stereocenters. The third-order valence-electron chi connectivity index (χ3n) is 3.99. The van der Waals surface area contributed by atoms with Crippen LogP contribution in [0.15, 0.2) is 72.8 Å². The minimum atomic E-state index is -4.54. The van der Waals surface area contributed by atoms with E-state index in [9.17, 15) is 18.0 Å². The molecule has 0 aliphatic carbocycles. The highest BCUT2D eigenvalue weighted by atomic mass is 19.4. The van der Waals surface area contributed by atoms with Crippen molar-refractivity contribution >= 4 is 17.3 Å². The molecule has 0 aromatic heterocycles. The van der Waals surface area contributed by atoms with Crippen molar-refractivity contribution in [1.82, 2.24) is 4.90 Å². The van der Waals surface area contributed by atoms with Gasteiger partial charge in [0.25, 0.3) is 5.91 Å². The Labute approximate surface area is 157 Å². The topological polar surface area (TPSA) is 23.6 Å².